The van der Waals surface area contributed by atoms with Gasteiger partial charge in [0.2, 0.25) is 0 Å². The number of fused-ring (bicyclic) bond motifs is 1. The van der Waals surface area contributed by atoms with E-state index < -0.39 is 23.1 Å². The Kier molecular flexibility index (Phi) is 4.50. The summed E-state index contributed by atoms with van der Waals surface area (Å²) in [5.74, 6) is -1.72. The maximum Gasteiger partial charge on any atom is 0.257 e. The van der Waals surface area contributed by atoms with E-state index in [-0.39, 0.29) is 18.1 Å². The van der Waals surface area contributed by atoms with Crippen molar-refractivity contribution in [2.75, 3.05) is 6.54 Å². The van der Waals surface area contributed by atoms with Crippen LogP contribution in [0, 0.1) is 11.6 Å². The topological polar surface area (TPSA) is 38.3 Å². The molecule has 1 amide bonds. The summed E-state index contributed by atoms with van der Waals surface area (Å²) in [4.78, 5) is 12.1. The fraction of sp³-hybridized carbons (Fsp3) is 0.350. The van der Waals surface area contributed by atoms with E-state index in [0.717, 1.165) is 23.4 Å². The Labute approximate surface area is 146 Å². The molecule has 1 heterocycles. The van der Waals surface area contributed by atoms with Gasteiger partial charge in [0.1, 0.15) is 29.1 Å². The lowest BCUT2D eigenvalue weighted by molar-refractivity contribution is 0.0925. The molecule has 1 aliphatic heterocycles. The molecular weight excluding hydrogens is 324 g/mol. The molecule has 1 atom stereocenters. The summed E-state index contributed by atoms with van der Waals surface area (Å²) < 4.78 is 33.1. The molecule has 0 spiro atoms. The van der Waals surface area contributed by atoms with Crippen LogP contribution in [0.25, 0.3) is 0 Å². The zero-order valence-corrected chi connectivity index (χ0v) is 14.5. The fourth-order valence-corrected chi connectivity index (χ4v) is 2.91. The van der Waals surface area contributed by atoms with E-state index in [1.54, 1.807) is 0 Å². The molecule has 0 fully saturated rings. The molecule has 1 aliphatic rings. The van der Waals surface area contributed by atoms with Crippen molar-refractivity contribution in [1.29, 1.82) is 0 Å². The predicted octanol–water partition coefficient (Wildman–Crippen LogP) is 4.00. The molecule has 0 unspecified atom stereocenters. The van der Waals surface area contributed by atoms with Crippen LogP contribution in [0.4, 0.5) is 8.78 Å². The molecule has 0 aromatic heterocycles. The van der Waals surface area contributed by atoms with Crippen molar-refractivity contribution in [3.63, 3.8) is 0 Å². The van der Waals surface area contributed by atoms with Gasteiger partial charge in [0.15, 0.2) is 0 Å². The van der Waals surface area contributed by atoms with Gasteiger partial charge in [-0.1, -0.05) is 39.0 Å². The molecule has 25 heavy (non-hydrogen) atoms. The molecule has 2 aromatic rings. The van der Waals surface area contributed by atoms with E-state index >= 15 is 0 Å². The maximum absolute atomic E-state index is 13.6. The van der Waals surface area contributed by atoms with Gasteiger partial charge in [0, 0.05) is 6.42 Å². The first kappa shape index (κ1) is 17.4. The number of hydrogen-bond donors (Lipinski definition) is 1. The highest BCUT2D eigenvalue weighted by atomic mass is 19.1. The molecule has 0 saturated heterocycles. The second-order valence-corrected chi connectivity index (χ2v) is 7.32. The van der Waals surface area contributed by atoms with E-state index in [9.17, 15) is 13.6 Å². The van der Waals surface area contributed by atoms with Crippen LogP contribution in [0.2, 0.25) is 0 Å². The van der Waals surface area contributed by atoms with Gasteiger partial charge in [-0.15, -0.1) is 0 Å². The lowest BCUT2D eigenvalue weighted by atomic mass is 9.86. The average molecular weight is 345 g/mol. The summed E-state index contributed by atoms with van der Waals surface area (Å²) in [6.45, 7) is 6.62. The number of halogens is 2. The van der Waals surface area contributed by atoms with E-state index in [4.69, 9.17) is 4.74 Å². The Balaban J connectivity index is 1.65. The van der Waals surface area contributed by atoms with Gasteiger partial charge in [-0.05, 0) is 34.7 Å². The largest absolute Gasteiger partial charge is 0.488 e. The lowest BCUT2D eigenvalue weighted by Crippen LogP contribution is -2.35. The minimum atomic E-state index is -0.872. The Hall–Kier alpha value is -2.43. The van der Waals surface area contributed by atoms with E-state index in [2.05, 4.69) is 32.2 Å². The summed E-state index contributed by atoms with van der Waals surface area (Å²) >= 11 is 0. The summed E-state index contributed by atoms with van der Waals surface area (Å²) in [5, 5.41) is 2.56. The molecular formula is C20H21F2NO2. The van der Waals surface area contributed by atoms with Gasteiger partial charge in [-0.25, -0.2) is 8.78 Å². The molecule has 1 N–H and O–H groups in total. The number of amides is 1. The molecule has 0 radical (unpaired) electrons. The van der Waals surface area contributed by atoms with Gasteiger partial charge in [0.05, 0.1) is 6.54 Å². The molecule has 2 aromatic carbocycles. The minimum Gasteiger partial charge on any atom is -0.488 e. The van der Waals surface area contributed by atoms with Crippen molar-refractivity contribution in [3.05, 3.63) is 64.7 Å². The summed E-state index contributed by atoms with van der Waals surface area (Å²) in [6.07, 6.45) is 0.406. The van der Waals surface area contributed by atoms with Crippen LogP contribution in [-0.2, 0) is 11.8 Å². The number of benzene rings is 2. The van der Waals surface area contributed by atoms with E-state index in [0.29, 0.717) is 6.42 Å². The van der Waals surface area contributed by atoms with Crippen molar-refractivity contribution in [2.24, 2.45) is 0 Å². The fourth-order valence-electron chi connectivity index (χ4n) is 2.91. The number of carbonyl (C=O) groups excluding carboxylic acids is 1. The van der Waals surface area contributed by atoms with Gasteiger partial charge in [0.25, 0.3) is 5.91 Å². The highest BCUT2D eigenvalue weighted by molar-refractivity contribution is 5.94. The zero-order chi connectivity index (χ0) is 18.2. The van der Waals surface area contributed by atoms with Crippen molar-refractivity contribution in [1.82, 2.24) is 5.32 Å². The molecule has 3 rings (SSSR count). The monoisotopic (exact) mass is 345 g/mol. The lowest BCUT2D eigenvalue weighted by Gasteiger charge is -2.19. The molecule has 3 nitrogen and oxygen atoms in total. The smallest absolute Gasteiger partial charge is 0.257 e. The number of ether oxygens (including phenoxy) is 1. The summed E-state index contributed by atoms with van der Waals surface area (Å²) in [6, 6.07) is 9.45. The van der Waals surface area contributed by atoms with Crippen LogP contribution in [0.5, 0.6) is 5.75 Å². The van der Waals surface area contributed by atoms with Crippen LogP contribution in [0.15, 0.2) is 36.4 Å². The maximum atomic E-state index is 13.6. The predicted molar refractivity (Wildman–Crippen MR) is 92.0 cm³/mol. The standard InChI is InChI=1S/C20H21F2NO2/c1-20(2,3)13-7-8-17-12(9-13)10-14(25-17)11-23-19(24)18-15(21)5-4-6-16(18)22/h4-9,14H,10-11H2,1-3H3,(H,23,24)/t14-/m0/s1. The number of nitrogens with one attached hydrogen (secondary N) is 1. The molecule has 0 aliphatic carbocycles. The van der Waals surface area contributed by atoms with Gasteiger partial charge in [-0.2, -0.15) is 0 Å². The summed E-state index contributed by atoms with van der Waals surface area (Å²) in [5.41, 5.74) is 1.79. The van der Waals surface area contributed by atoms with Crippen LogP contribution in [-0.4, -0.2) is 18.6 Å². The number of rotatable bonds is 3. The first-order valence-electron chi connectivity index (χ1n) is 8.28. The molecule has 132 valence electrons. The second kappa shape index (κ2) is 6.47. The molecule has 5 heteroatoms. The number of hydrogen-bond acceptors (Lipinski definition) is 2. The van der Waals surface area contributed by atoms with E-state index in [1.807, 2.05) is 12.1 Å². The Morgan fingerprint density at radius 2 is 1.88 bits per heavy atom. The SMILES string of the molecule is CC(C)(C)c1ccc2c(c1)C[C@@H](CNC(=O)c1c(F)cccc1F)O2. The van der Waals surface area contributed by atoms with Crippen LogP contribution in [0.1, 0.15) is 42.3 Å². The Bertz CT molecular complexity index is 792. The Morgan fingerprint density at radius 1 is 1.20 bits per heavy atom. The third-order valence-corrected chi connectivity index (χ3v) is 4.35. The second-order valence-electron chi connectivity index (χ2n) is 7.32. The van der Waals surface area contributed by atoms with Crippen LogP contribution in [0.3, 0.4) is 0 Å². The Morgan fingerprint density at radius 3 is 2.52 bits per heavy atom. The molecule has 0 saturated carbocycles. The minimum absolute atomic E-state index is 0.0453. The quantitative estimate of drug-likeness (QED) is 0.913. The van der Waals surface area contributed by atoms with Gasteiger partial charge >= 0.3 is 0 Å². The highest BCUT2D eigenvalue weighted by Crippen LogP contribution is 2.33. The normalized spacial score (nSPS) is 16.3. The van der Waals surface area contributed by atoms with Crippen molar-refractivity contribution < 1.29 is 18.3 Å². The zero-order valence-electron chi connectivity index (χ0n) is 14.5. The summed E-state index contributed by atoms with van der Waals surface area (Å²) in [7, 11) is 0. The molecule has 0 bridgehead atoms. The van der Waals surface area contributed by atoms with Gasteiger partial charge < -0.3 is 10.1 Å². The first-order valence-corrected chi connectivity index (χ1v) is 8.28. The van der Waals surface area contributed by atoms with Crippen molar-refractivity contribution >= 4 is 5.91 Å². The first-order chi connectivity index (χ1) is 11.8. The highest BCUT2D eigenvalue weighted by Gasteiger charge is 2.26. The van der Waals surface area contributed by atoms with Crippen LogP contribution < -0.4 is 10.1 Å². The van der Waals surface area contributed by atoms with E-state index in [1.165, 1.54) is 11.6 Å². The van der Waals surface area contributed by atoms with Crippen molar-refractivity contribution in [2.45, 2.75) is 38.7 Å². The van der Waals surface area contributed by atoms with Crippen molar-refractivity contribution in [3.8, 4) is 5.75 Å². The third-order valence-electron chi connectivity index (χ3n) is 4.35. The number of carbonyl (C=O) groups is 1. The third kappa shape index (κ3) is 3.65. The van der Waals surface area contributed by atoms with Gasteiger partial charge in [-0.3, -0.25) is 4.79 Å². The van der Waals surface area contributed by atoms with Crippen LogP contribution >= 0.6 is 0 Å². The average Bonchev–Trinajstić information content (AvgIpc) is 2.94.